The molecule has 0 N–H and O–H groups in total. The Morgan fingerprint density at radius 3 is 2.24 bits per heavy atom. The van der Waals surface area contributed by atoms with Gasteiger partial charge in [-0.25, -0.2) is 4.79 Å². The molecule has 0 bridgehead atoms. The fourth-order valence-electron chi connectivity index (χ4n) is 3.93. The van der Waals surface area contributed by atoms with Gasteiger partial charge in [0, 0.05) is 19.0 Å². The van der Waals surface area contributed by atoms with Gasteiger partial charge in [0.25, 0.3) is 0 Å². The van der Waals surface area contributed by atoms with Gasteiger partial charge < -0.3 is 9.64 Å². The van der Waals surface area contributed by atoms with Gasteiger partial charge in [-0.05, 0) is 11.1 Å². The number of hydrogen-bond acceptors (Lipinski definition) is 4. The summed E-state index contributed by atoms with van der Waals surface area (Å²) in [5.41, 5.74) is 1.56. The second kappa shape index (κ2) is 8.04. The minimum atomic E-state index is -4.46. The van der Waals surface area contributed by atoms with Crippen LogP contribution < -0.4 is 0 Å². The number of carbonyl (C=O) groups excluding carboxylic acids is 1. The zero-order chi connectivity index (χ0) is 20.4. The van der Waals surface area contributed by atoms with Crippen molar-refractivity contribution in [3.63, 3.8) is 0 Å². The summed E-state index contributed by atoms with van der Waals surface area (Å²) in [4.78, 5) is 19.3. The van der Waals surface area contributed by atoms with Crippen LogP contribution in [-0.2, 0) is 22.7 Å². The number of benzene rings is 2. The first-order chi connectivity index (χ1) is 13.9. The zero-order valence-electron chi connectivity index (χ0n) is 15.6. The Hall–Kier alpha value is -2.58. The number of nitrogens with zero attached hydrogens (tertiary/aromatic N) is 2. The second-order valence-electron chi connectivity index (χ2n) is 7.30. The van der Waals surface area contributed by atoms with E-state index >= 15 is 0 Å². The number of halogens is 3. The van der Waals surface area contributed by atoms with Gasteiger partial charge in [0.2, 0.25) is 0 Å². The maximum Gasteiger partial charge on any atom is 0.410 e. The summed E-state index contributed by atoms with van der Waals surface area (Å²) in [5, 5.41) is 1.01. The van der Waals surface area contributed by atoms with E-state index in [2.05, 4.69) is 0 Å². The Balaban J connectivity index is 1.40. The quantitative estimate of drug-likeness (QED) is 0.770. The second-order valence-corrected chi connectivity index (χ2v) is 7.30. The van der Waals surface area contributed by atoms with E-state index in [9.17, 15) is 18.0 Å². The fourth-order valence-corrected chi connectivity index (χ4v) is 3.93. The van der Waals surface area contributed by atoms with E-state index in [1.807, 2.05) is 36.4 Å². The first-order valence-electron chi connectivity index (χ1n) is 9.41. The molecule has 2 aromatic rings. The Kier molecular flexibility index (Phi) is 5.47. The van der Waals surface area contributed by atoms with E-state index in [-0.39, 0.29) is 26.2 Å². The summed E-state index contributed by atoms with van der Waals surface area (Å²) in [6, 6.07) is 16.3. The van der Waals surface area contributed by atoms with Crippen LogP contribution >= 0.6 is 0 Å². The third kappa shape index (κ3) is 4.38. The molecule has 2 aromatic carbocycles. The maximum atomic E-state index is 13.8. The SMILES string of the molecule is O=C(OCc1ccccc1)N1C[C@H]2[C@@H](C1)ON(Cc1ccccc1)[C@H]2C(F)(F)F. The van der Waals surface area contributed by atoms with E-state index in [1.165, 1.54) is 4.90 Å². The molecule has 0 saturated carbocycles. The predicted molar refractivity (Wildman–Crippen MR) is 98.4 cm³/mol. The van der Waals surface area contributed by atoms with Gasteiger partial charge in [-0.2, -0.15) is 18.2 Å². The van der Waals surface area contributed by atoms with Gasteiger partial charge in [-0.1, -0.05) is 60.7 Å². The molecule has 1 amide bonds. The summed E-state index contributed by atoms with van der Waals surface area (Å²) in [6.07, 6.45) is -5.78. The van der Waals surface area contributed by atoms with Gasteiger partial charge in [0.15, 0.2) is 0 Å². The minimum absolute atomic E-state index is 0.0382. The topological polar surface area (TPSA) is 42.0 Å². The van der Waals surface area contributed by atoms with Crippen molar-refractivity contribution < 1.29 is 27.5 Å². The van der Waals surface area contributed by atoms with Gasteiger partial charge in [0.05, 0.1) is 6.54 Å². The van der Waals surface area contributed by atoms with Gasteiger partial charge >= 0.3 is 12.3 Å². The first kappa shape index (κ1) is 19.7. The lowest BCUT2D eigenvalue weighted by atomic mass is 9.97. The number of amides is 1. The molecular formula is C21H21F3N2O3. The molecule has 0 spiro atoms. The normalized spacial score (nSPS) is 24.5. The Labute approximate surface area is 166 Å². The molecule has 8 heteroatoms. The maximum absolute atomic E-state index is 13.8. The van der Waals surface area contributed by atoms with Crippen molar-refractivity contribution in [2.45, 2.75) is 31.5 Å². The molecule has 2 heterocycles. The largest absolute Gasteiger partial charge is 0.445 e. The minimum Gasteiger partial charge on any atom is -0.445 e. The van der Waals surface area contributed by atoms with Crippen LogP contribution in [0.1, 0.15) is 11.1 Å². The van der Waals surface area contributed by atoms with Crippen LogP contribution in [0.15, 0.2) is 60.7 Å². The predicted octanol–water partition coefficient (Wildman–Crippen LogP) is 4.00. The molecule has 0 radical (unpaired) electrons. The molecule has 0 unspecified atom stereocenters. The highest BCUT2D eigenvalue weighted by molar-refractivity contribution is 5.68. The van der Waals surface area contributed by atoms with Gasteiger partial charge in [0.1, 0.15) is 18.8 Å². The number of hydroxylamine groups is 2. The Bertz CT molecular complexity index is 832. The number of carbonyl (C=O) groups is 1. The van der Waals surface area contributed by atoms with Crippen molar-refractivity contribution in [1.29, 1.82) is 0 Å². The molecule has 2 aliphatic heterocycles. The molecule has 154 valence electrons. The summed E-state index contributed by atoms with van der Waals surface area (Å²) in [5.74, 6) is -0.844. The average Bonchev–Trinajstić information content (AvgIpc) is 3.24. The molecule has 2 aliphatic rings. The number of likely N-dealkylation sites (tertiary alicyclic amines) is 1. The zero-order valence-corrected chi connectivity index (χ0v) is 15.6. The molecule has 3 atom stereocenters. The van der Waals surface area contributed by atoms with Crippen LogP contribution in [0, 0.1) is 5.92 Å². The molecule has 29 heavy (non-hydrogen) atoms. The highest BCUT2D eigenvalue weighted by Gasteiger charge is 2.60. The van der Waals surface area contributed by atoms with E-state index in [0.717, 1.165) is 16.2 Å². The standard InChI is InChI=1S/C21H21F3N2O3/c22-21(23,24)19-17-12-25(20(27)28-14-16-9-5-2-6-10-16)13-18(17)29-26(19)11-15-7-3-1-4-8-15/h1-10,17-19H,11-14H2/t17-,18+,19+/m0/s1. The first-order valence-corrected chi connectivity index (χ1v) is 9.41. The van der Waals surface area contributed by atoms with Crippen LogP contribution in [0.4, 0.5) is 18.0 Å². The summed E-state index contributed by atoms with van der Waals surface area (Å²) >= 11 is 0. The third-order valence-electron chi connectivity index (χ3n) is 5.28. The number of fused-ring (bicyclic) bond motifs is 1. The average molecular weight is 406 g/mol. The lowest BCUT2D eigenvalue weighted by Crippen LogP contribution is -2.46. The lowest BCUT2D eigenvalue weighted by Gasteiger charge is -2.29. The third-order valence-corrected chi connectivity index (χ3v) is 5.28. The molecule has 2 saturated heterocycles. The number of ether oxygens (including phenoxy) is 1. The van der Waals surface area contributed by atoms with E-state index in [4.69, 9.17) is 9.57 Å². The monoisotopic (exact) mass is 406 g/mol. The van der Waals surface area contributed by atoms with Crippen LogP contribution in [0.5, 0.6) is 0 Å². The van der Waals surface area contributed by atoms with Crippen molar-refractivity contribution in [3.05, 3.63) is 71.8 Å². The van der Waals surface area contributed by atoms with E-state index < -0.39 is 30.3 Å². The summed E-state index contributed by atoms with van der Waals surface area (Å²) < 4.78 is 46.6. The Morgan fingerprint density at radius 2 is 1.62 bits per heavy atom. The number of rotatable bonds is 4. The molecule has 2 fully saturated rings. The van der Waals surface area contributed by atoms with Crippen molar-refractivity contribution >= 4 is 6.09 Å². The van der Waals surface area contributed by atoms with Crippen LogP contribution in [0.2, 0.25) is 0 Å². The van der Waals surface area contributed by atoms with Crippen molar-refractivity contribution in [3.8, 4) is 0 Å². The van der Waals surface area contributed by atoms with Crippen LogP contribution in [-0.4, -0.2) is 47.5 Å². The molecule has 4 rings (SSSR count). The molecular weight excluding hydrogens is 385 g/mol. The molecule has 0 aromatic heterocycles. The van der Waals surface area contributed by atoms with Crippen molar-refractivity contribution in [2.24, 2.45) is 5.92 Å². The summed E-state index contributed by atoms with van der Waals surface area (Å²) in [7, 11) is 0. The fraction of sp³-hybridized carbons (Fsp3) is 0.381. The smallest absolute Gasteiger partial charge is 0.410 e. The summed E-state index contributed by atoms with van der Waals surface area (Å²) in [6.45, 7) is 0.148. The van der Waals surface area contributed by atoms with E-state index in [0.29, 0.717) is 0 Å². The molecule has 0 aliphatic carbocycles. The lowest BCUT2D eigenvalue weighted by molar-refractivity contribution is -0.251. The van der Waals surface area contributed by atoms with E-state index in [1.54, 1.807) is 24.3 Å². The Morgan fingerprint density at radius 1 is 1.00 bits per heavy atom. The number of hydrogen-bond donors (Lipinski definition) is 0. The van der Waals surface area contributed by atoms with Gasteiger partial charge in [-0.15, -0.1) is 0 Å². The number of alkyl halides is 3. The van der Waals surface area contributed by atoms with Crippen LogP contribution in [0.3, 0.4) is 0 Å². The van der Waals surface area contributed by atoms with Gasteiger partial charge in [-0.3, -0.25) is 4.84 Å². The highest BCUT2D eigenvalue weighted by Crippen LogP contribution is 2.42. The van der Waals surface area contributed by atoms with Crippen molar-refractivity contribution in [1.82, 2.24) is 9.96 Å². The van der Waals surface area contributed by atoms with Crippen molar-refractivity contribution in [2.75, 3.05) is 13.1 Å². The highest BCUT2D eigenvalue weighted by atomic mass is 19.4. The van der Waals surface area contributed by atoms with Crippen LogP contribution in [0.25, 0.3) is 0 Å². The molecule has 5 nitrogen and oxygen atoms in total.